The first-order chi connectivity index (χ1) is 30.0. The van der Waals surface area contributed by atoms with Crippen LogP contribution >= 0.6 is 0 Å². The standard InChI is InChI=1S/C22H35N5O2.C17H26N2O.C12H18N2/c1-22(2,3)21(29)25-18-7-12-27(13-8-18)20(28)17-5-10-26(11-6-17)15-16-4-9-24-19(23)14-16;1-17(2,3)16(20)18-15-9-11-19(12-10-15)13-14-7-5-4-6-8-14;13-12-6-8-14(9-7-12)10-11-4-2-1-3-5-11/h4,9,14,17-18H,5-8,10-13,15H2,1-3H3,(H2,23,24)(H,25,29);4-8,15H,9-13H2,1-3H3,(H,18,20);1-5,12H,6-10,13H2. The molecule has 4 fully saturated rings. The van der Waals surface area contributed by atoms with Crippen molar-refractivity contribution in [2.75, 3.05) is 58.1 Å². The van der Waals surface area contributed by atoms with Crippen LogP contribution in [0.5, 0.6) is 0 Å². The van der Waals surface area contributed by atoms with Gasteiger partial charge in [-0.1, -0.05) is 102 Å². The second kappa shape index (κ2) is 24.1. The van der Waals surface area contributed by atoms with Crippen molar-refractivity contribution < 1.29 is 14.4 Å². The average Bonchev–Trinajstić information content (AvgIpc) is 3.26. The number of carbonyl (C=O) groups excluding carboxylic acids is 3. The molecule has 5 heterocycles. The highest BCUT2D eigenvalue weighted by molar-refractivity contribution is 5.82. The number of nitrogen functional groups attached to an aromatic ring is 1. The Bertz CT molecular complexity index is 1820. The number of nitrogens with two attached hydrogens (primary N) is 2. The van der Waals surface area contributed by atoms with Crippen molar-refractivity contribution in [3.8, 4) is 0 Å². The van der Waals surface area contributed by atoms with Crippen LogP contribution in [0.4, 0.5) is 5.82 Å². The molecule has 0 saturated carbocycles. The topological polar surface area (TPSA) is 153 Å². The first kappa shape index (κ1) is 49.7. The average molecular weight is 866 g/mol. The molecule has 1 aromatic heterocycles. The number of rotatable bonds is 9. The van der Waals surface area contributed by atoms with E-state index in [1.807, 2.05) is 58.6 Å². The minimum absolute atomic E-state index is 0.0885. The molecule has 12 heteroatoms. The summed E-state index contributed by atoms with van der Waals surface area (Å²) in [7, 11) is 0. The summed E-state index contributed by atoms with van der Waals surface area (Å²) in [5.74, 6) is 1.21. The van der Waals surface area contributed by atoms with Crippen LogP contribution in [0.15, 0.2) is 79.0 Å². The van der Waals surface area contributed by atoms with Gasteiger partial charge in [0.2, 0.25) is 17.7 Å². The highest BCUT2D eigenvalue weighted by Gasteiger charge is 2.33. The van der Waals surface area contributed by atoms with Gasteiger partial charge in [-0.05, 0) is 106 Å². The molecule has 0 spiro atoms. The lowest BCUT2D eigenvalue weighted by Crippen LogP contribution is -2.50. The first-order valence-corrected chi connectivity index (χ1v) is 23.6. The van der Waals surface area contributed by atoms with Crippen LogP contribution in [-0.2, 0) is 34.0 Å². The molecular formula is C51H79N9O3. The predicted molar refractivity (Wildman–Crippen MR) is 255 cm³/mol. The summed E-state index contributed by atoms with van der Waals surface area (Å²) in [6.07, 6.45) is 9.63. The molecule has 346 valence electrons. The molecule has 4 saturated heterocycles. The monoisotopic (exact) mass is 866 g/mol. The van der Waals surface area contributed by atoms with Gasteiger partial charge in [0, 0.05) is 86.9 Å². The fraction of sp³-hybridized carbons (Fsp3) is 0.608. The number of aromatic nitrogens is 1. The first-order valence-electron chi connectivity index (χ1n) is 23.6. The molecule has 0 atom stereocenters. The third-order valence-electron chi connectivity index (χ3n) is 12.7. The van der Waals surface area contributed by atoms with Gasteiger partial charge in [-0.3, -0.25) is 29.1 Å². The number of hydrogen-bond acceptors (Lipinski definition) is 9. The van der Waals surface area contributed by atoms with E-state index in [0.717, 1.165) is 123 Å². The summed E-state index contributed by atoms with van der Waals surface area (Å²) in [6, 6.07) is 26.1. The molecule has 0 unspecified atom stereocenters. The van der Waals surface area contributed by atoms with Gasteiger partial charge in [-0.2, -0.15) is 0 Å². The fourth-order valence-corrected chi connectivity index (χ4v) is 8.52. The summed E-state index contributed by atoms with van der Waals surface area (Å²) >= 11 is 0. The van der Waals surface area contributed by atoms with Gasteiger partial charge in [0.05, 0.1) is 0 Å². The van der Waals surface area contributed by atoms with E-state index in [2.05, 4.69) is 91.0 Å². The molecule has 7 rings (SSSR count). The number of nitrogens with one attached hydrogen (secondary N) is 2. The van der Waals surface area contributed by atoms with Crippen molar-refractivity contribution in [3.63, 3.8) is 0 Å². The molecule has 4 aliphatic rings. The van der Waals surface area contributed by atoms with Crippen molar-refractivity contribution >= 4 is 23.5 Å². The van der Waals surface area contributed by atoms with E-state index < -0.39 is 0 Å². The van der Waals surface area contributed by atoms with Crippen molar-refractivity contribution in [3.05, 3.63) is 95.7 Å². The summed E-state index contributed by atoms with van der Waals surface area (Å²) in [6.45, 7) is 22.4. The number of benzene rings is 2. The van der Waals surface area contributed by atoms with E-state index in [-0.39, 0.29) is 34.6 Å². The summed E-state index contributed by atoms with van der Waals surface area (Å²) in [5.41, 5.74) is 14.9. The maximum absolute atomic E-state index is 12.9. The number of anilines is 1. The van der Waals surface area contributed by atoms with Gasteiger partial charge in [-0.25, -0.2) is 4.98 Å². The minimum Gasteiger partial charge on any atom is -0.384 e. The van der Waals surface area contributed by atoms with Gasteiger partial charge in [0.15, 0.2) is 0 Å². The Morgan fingerprint density at radius 1 is 0.571 bits per heavy atom. The molecule has 3 aromatic rings. The number of pyridine rings is 1. The molecular weight excluding hydrogens is 787 g/mol. The van der Waals surface area contributed by atoms with Gasteiger partial charge in [0.25, 0.3) is 0 Å². The molecule has 3 amide bonds. The third kappa shape index (κ3) is 17.3. The van der Waals surface area contributed by atoms with Gasteiger partial charge < -0.3 is 27.0 Å². The van der Waals surface area contributed by atoms with Crippen molar-refractivity contribution in [2.24, 2.45) is 22.5 Å². The Morgan fingerprint density at radius 2 is 0.968 bits per heavy atom. The van der Waals surface area contributed by atoms with Crippen LogP contribution in [0.2, 0.25) is 0 Å². The number of amides is 3. The fourth-order valence-electron chi connectivity index (χ4n) is 8.52. The Morgan fingerprint density at radius 3 is 1.40 bits per heavy atom. The van der Waals surface area contributed by atoms with Gasteiger partial charge in [0.1, 0.15) is 5.82 Å². The van der Waals surface area contributed by atoms with E-state index in [4.69, 9.17) is 11.5 Å². The van der Waals surface area contributed by atoms with Crippen LogP contribution in [-0.4, -0.2) is 113 Å². The molecule has 0 aliphatic carbocycles. The molecule has 0 radical (unpaired) electrons. The Labute approximate surface area is 378 Å². The molecule has 4 aliphatic heterocycles. The predicted octanol–water partition coefficient (Wildman–Crippen LogP) is 6.45. The summed E-state index contributed by atoms with van der Waals surface area (Å²) in [5, 5.41) is 6.31. The third-order valence-corrected chi connectivity index (χ3v) is 12.7. The lowest BCUT2D eigenvalue weighted by molar-refractivity contribution is -0.138. The van der Waals surface area contributed by atoms with Crippen LogP contribution in [0.3, 0.4) is 0 Å². The van der Waals surface area contributed by atoms with Gasteiger partial charge in [-0.15, -0.1) is 0 Å². The van der Waals surface area contributed by atoms with Crippen LogP contribution in [0, 0.1) is 16.7 Å². The van der Waals surface area contributed by atoms with Crippen molar-refractivity contribution in [2.45, 2.75) is 131 Å². The number of hydrogen-bond donors (Lipinski definition) is 4. The second-order valence-corrected chi connectivity index (χ2v) is 20.3. The van der Waals surface area contributed by atoms with Gasteiger partial charge >= 0.3 is 0 Å². The summed E-state index contributed by atoms with van der Waals surface area (Å²) < 4.78 is 0. The van der Waals surface area contributed by atoms with Crippen molar-refractivity contribution in [1.82, 2.24) is 35.2 Å². The minimum atomic E-state index is -0.372. The Kier molecular flexibility index (Phi) is 19.0. The zero-order chi connectivity index (χ0) is 45.4. The number of carbonyl (C=O) groups is 3. The Balaban J connectivity index is 0.000000191. The van der Waals surface area contributed by atoms with Crippen LogP contribution in [0.25, 0.3) is 0 Å². The molecule has 2 aromatic carbocycles. The maximum Gasteiger partial charge on any atom is 0.225 e. The quantitative estimate of drug-likeness (QED) is 0.190. The molecule has 0 bridgehead atoms. The lowest BCUT2D eigenvalue weighted by Gasteiger charge is -2.38. The number of piperidine rings is 4. The summed E-state index contributed by atoms with van der Waals surface area (Å²) in [4.78, 5) is 50.5. The number of nitrogens with zero attached hydrogens (tertiary/aromatic N) is 5. The molecule has 63 heavy (non-hydrogen) atoms. The molecule has 12 nitrogen and oxygen atoms in total. The van der Waals surface area contributed by atoms with E-state index in [0.29, 0.717) is 23.8 Å². The zero-order valence-electron chi connectivity index (χ0n) is 39.4. The lowest BCUT2D eigenvalue weighted by atomic mass is 9.92. The van der Waals surface area contributed by atoms with E-state index in [1.165, 1.54) is 16.7 Å². The van der Waals surface area contributed by atoms with E-state index in [9.17, 15) is 14.4 Å². The highest BCUT2D eigenvalue weighted by Crippen LogP contribution is 2.24. The number of likely N-dealkylation sites (tertiary alicyclic amines) is 4. The molecule has 6 N–H and O–H groups in total. The van der Waals surface area contributed by atoms with Crippen molar-refractivity contribution in [1.29, 1.82) is 0 Å². The second-order valence-electron chi connectivity index (χ2n) is 20.3. The SMILES string of the molecule is CC(C)(C)C(=O)NC1CCN(C(=O)C2CCN(Cc3ccnc(N)c3)CC2)CC1.CC(C)(C)C(=O)NC1CCN(Cc2ccccc2)CC1.NC1CCN(Cc2ccccc2)CC1. The van der Waals surface area contributed by atoms with E-state index in [1.54, 1.807) is 6.20 Å². The smallest absolute Gasteiger partial charge is 0.225 e. The zero-order valence-corrected chi connectivity index (χ0v) is 39.4. The van der Waals surface area contributed by atoms with Crippen LogP contribution in [0.1, 0.15) is 110 Å². The normalized spacial score (nSPS) is 19.3. The maximum atomic E-state index is 12.9. The van der Waals surface area contributed by atoms with E-state index >= 15 is 0 Å². The largest absolute Gasteiger partial charge is 0.384 e. The highest BCUT2D eigenvalue weighted by atomic mass is 16.2. The van der Waals surface area contributed by atoms with Crippen LogP contribution < -0.4 is 22.1 Å². The Hall–Kier alpha value is -4.36.